The topological polar surface area (TPSA) is 24.9 Å². The normalized spacial score (nSPS) is 10.8. The monoisotopic (exact) mass is 332 g/mol. The molecule has 0 aliphatic rings. The molecule has 0 atom stereocenters. The third-order valence-electron chi connectivity index (χ3n) is 4.01. The summed E-state index contributed by atoms with van der Waals surface area (Å²) in [7, 11) is 0. The van der Waals surface area contributed by atoms with Crippen molar-refractivity contribution in [1.82, 2.24) is 4.98 Å². The van der Waals surface area contributed by atoms with Gasteiger partial charge in [-0.25, -0.2) is 13.8 Å². The smallest absolute Gasteiger partial charge is 0.138 e. The van der Waals surface area contributed by atoms with Crippen LogP contribution in [0.5, 0.6) is 0 Å². The van der Waals surface area contributed by atoms with E-state index in [4.69, 9.17) is 0 Å². The molecule has 25 heavy (non-hydrogen) atoms. The van der Waals surface area contributed by atoms with E-state index in [9.17, 15) is 8.78 Å². The lowest BCUT2D eigenvalue weighted by Gasteiger charge is -2.12. The molecular weight excluding hydrogens is 318 g/mol. The number of pyridine rings is 1. The second-order valence-electron chi connectivity index (χ2n) is 5.72. The summed E-state index contributed by atoms with van der Waals surface area (Å²) in [6, 6.07) is 20.9. The number of rotatable bonds is 3. The summed E-state index contributed by atoms with van der Waals surface area (Å²) in [5.41, 5.74) is 2.07. The van der Waals surface area contributed by atoms with E-state index in [0.717, 1.165) is 22.5 Å². The number of hydrogen-bond acceptors (Lipinski definition) is 2. The number of fused-ring (bicyclic) bond motifs is 1. The number of anilines is 2. The van der Waals surface area contributed by atoms with Crippen LogP contribution in [0.1, 0.15) is 0 Å². The SMILES string of the molecule is Fc1cc(F)cc(-c2cnc(Nc3ccccc3)c3ccccc23)c1. The van der Waals surface area contributed by atoms with Gasteiger partial charge in [-0.15, -0.1) is 0 Å². The Kier molecular flexibility index (Phi) is 3.86. The molecule has 3 aromatic carbocycles. The highest BCUT2D eigenvalue weighted by molar-refractivity contribution is 6.02. The number of halogens is 2. The maximum absolute atomic E-state index is 13.6. The van der Waals surface area contributed by atoms with Gasteiger partial charge in [-0.1, -0.05) is 42.5 Å². The van der Waals surface area contributed by atoms with Crippen LogP contribution >= 0.6 is 0 Å². The van der Waals surface area contributed by atoms with E-state index in [1.54, 1.807) is 6.20 Å². The van der Waals surface area contributed by atoms with Crippen LogP contribution in [-0.2, 0) is 0 Å². The number of aromatic nitrogens is 1. The molecule has 4 rings (SSSR count). The fourth-order valence-electron chi connectivity index (χ4n) is 2.89. The summed E-state index contributed by atoms with van der Waals surface area (Å²) >= 11 is 0. The van der Waals surface area contributed by atoms with Crippen molar-refractivity contribution in [2.45, 2.75) is 0 Å². The molecule has 0 spiro atoms. The average molecular weight is 332 g/mol. The zero-order valence-electron chi connectivity index (χ0n) is 13.2. The predicted octanol–water partition coefficient (Wildman–Crippen LogP) is 5.92. The van der Waals surface area contributed by atoms with Gasteiger partial charge in [0.05, 0.1) is 0 Å². The molecule has 2 nitrogen and oxygen atoms in total. The first-order valence-corrected chi connectivity index (χ1v) is 7.87. The minimum absolute atomic E-state index is 0.465. The standard InChI is InChI=1S/C21H14F2N2/c22-15-10-14(11-16(23)12-15)20-13-24-21(19-9-5-4-8-18(19)20)25-17-6-2-1-3-7-17/h1-13H,(H,24,25). The van der Waals surface area contributed by atoms with E-state index in [1.165, 1.54) is 12.1 Å². The van der Waals surface area contributed by atoms with Crippen LogP contribution in [0.4, 0.5) is 20.3 Å². The molecule has 4 aromatic rings. The van der Waals surface area contributed by atoms with Crippen LogP contribution in [0.15, 0.2) is 79.0 Å². The molecule has 1 heterocycles. The van der Waals surface area contributed by atoms with Crippen LogP contribution in [0.3, 0.4) is 0 Å². The predicted molar refractivity (Wildman–Crippen MR) is 96.8 cm³/mol. The third-order valence-corrected chi connectivity index (χ3v) is 4.01. The van der Waals surface area contributed by atoms with Crippen molar-refractivity contribution in [2.75, 3.05) is 5.32 Å². The summed E-state index contributed by atoms with van der Waals surface area (Å²) in [4.78, 5) is 4.48. The van der Waals surface area contributed by atoms with Crippen LogP contribution in [-0.4, -0.2) is 4.98 Å². The molecule has 0 saturated carbocycles. The van der Waals surface area contributed by atoms with Crippen LogP contribution < -0.4 is 5.32 Å². The van der Waals surface area contributed by atoms with E-state index in [1.807, 2.05) is 54.6 Å². The molecule has 0 aliphatic heterocycles. The molecule has 0 radical (unpaired) electrons. The van der Waals surface area contributed by atoms with Crippen LogP contribution in [0.25, 0.3) is 21.9 Å². The van der Waals surface area contributed by atoms with Crippen LogP contribution in [0, 0.1) is 11.6 Å². The lowest BCUT2D eigenvalue weighted by atomic mass is 10.00. The van der Waals surface area contributed by atoms with Gasteiger partial charge in [-0.2, -0.15) is 0 Å². The van der Waals surface area contributed by atoms with Gasteiger partial charge in [-0.3, -0.25) is 0 Å². The lowest BCUT2D eigenvalue weighted by Crippen LogP contribution is -1.96. The lowest BCUT2D eigenvalue weighted by molar-refractivity contribution is 0.584. The zero-order chi connectivity index (χ0) is 17.2. The van der Waals surface area contributed by atoms with Gasteiger partial charge in [0, 0.05) is 28.9 Å². The fourth-order valence-corrected chi connectivity index (χ4v) is 2.89. The number of nitrogens with one attached hydrogen (secondary N) is 1. The molecule has 1 aromatic heterocycles. The Morgan fingerprint density at radius 3 is 2.08 bits per heavy atom. The number of benzene rings is 3. The summed E-state index contributed by atoms with van der Waals surface area (Å²) in [5, 5.41) is 5.05. The van der Waals surface area contributed by atoms with Crippen LogP contribution in [0.2, 0.25) is 0 Å². The van der Waals surface area contributed by atoms with Crippen molar-refractivity contribution in [2.24, 2.45) is 0 Å². The second kappa shape index (κ2) is 6.32. The summed E-state index contributed by atoms with van der Waals surface area (Å²) < 4.78 is 27.2. The number of para-hydroxylation sites is 1. The van der Waals surface area contributed by atoms with Gasteiger partial charge in [-0.05, 0) is 35.2 Å². The van der Waals surface area contributed by atoms with E-state index in [0.29, 0.717) is 16.9 Å². The number of hydrogen-bond donors (Lipinski definition) is 1. The van der Waals surface area contributed by atoms with Crippen molar-refractivity contribution >= 4 is 22.3 Å². The van der Waals surface area contributed by atoms with Crippen molar-refractivity contribution in [1.29, 1.82) is 0 Å². The van der Waals surface area contributed by atoms with Crippen molar-refractivity contribution in [3.8, 4) is 11.1 Å². The zero-order valence-corrected chi connectivity index (χ0v) is 13.2. The highest BCUT2D eigenvalue weighted by atomic mass is 19.1. The number of nitrogens with zero attached hydrogens (tertiary/aromatic N) is 1. The minimum Gasteiger partial charge on any atom is -0.340 e. The van der Waals surface area contributed by atoms with E-state index in [-0.39, 0.29) is 0 Å². The Morgan fingerprint density at radius 1 is 0.720 bits per heavy atom. The molecule has 0 unspecified atom stereocenters. The molecule has 4 heteroatoms. The van der Waals surface area contributed by atoms with Gasteiger partial charge in [0.15, 0.2) is 0 Å². The minimum atomic E-state index is -0.606. The Morgan fingerprint density at radius 2 is 1.36 bits per heavy atom. The van der Waals surface area contributed by atoms with E-state index in [2.05, 4.69) is 10.3 Å². The average Bonchev–Trinajstić information content (AvgIpc) is 2.62. The summed E-state index contributed by atoms with van der Waals surface area (Å²) in [6.07, 6.45) is 1.64. The van der Waals surface area contributed by atoms with Gasteiger partial charge in [0.2, 0.25) is 0 Å². The van der Waals surface area contributed by atoms with Gasteiger partial charge >= 0.3 is 0 Å². The molecule has 0 aliphatic carbocycles. The van der Waals surface area contributed by atoms with Crippen molar-refractivity contribution in [3.63, 3.8) is 0 Å². The van der Waals surface area contributed by atoms with E-state index >= 15 is 0 Å². The Bertz CT molecular complexity index is 1030. The second-order valence-corrected chi connectivity index (χ2v) is 5.72. The molecular formula is C21H14F2N2. The first-order chi connectivity index (χ1) is 12.2. The highest BCUT2D eigenvalue weighted by Gasteiger charge is 2.11. The molecule has 0 bridgehead atoms. The van der Waals surface area contributed by atoms with Crippen molar-refractivity contribution < 1.29 is 8.78 Å². The fraction of sp³-hybridized carbons (Fsp3) is 0. The largest absolute Gasteiger partial charge is 0.340 e. The first-order valence-electron chi connectivity index (χ1n) is 7.87. The third kappa shape index (κ3) is 3.06. The summed E-state index contributed by atoms with van der Waals surface area (Å²) in [6.45, 7) is 0. The Balaban J connectivity index is 1.87. The molecule has 1 N–H and O–H groups in total. The maximum atomic E-state index is 13.6. The summed E-state index contributed by atoms with van der Waals surface area (Å²) in [5.74, 6) is -0.515. The first kappa shape index (κ1) is 15.3. The van der Waals surface area contributed by atoms with E-state index < -0.39 is 11.6 Å². The Hall–Kier alpha value is -3.27. The maximum Gasteiger partial charge on any atom is 0.138 e. The van der Waals surface area contributed by atoms with Crippen molar-refractivity contribution in [3.05, 3.63) is 90.6 Å². The molecule has 122 valence electrons. The Labute approximate surface area is 143 Å². The highest BCUT2D eigenvalue weighted by Crippen LogP contribution is 2.33. The van der Waals surface area contributed by atoms with Gasteiger partial charge in [0.1, 0.15) is 17.5 Å². The molecule has 0 amide bonds. The van der Waals surface area contributed by atoms with Gasteiger partial charge < -0.3 is 5.32 Å². The van der Waals surface area contributed by atoms with Gasteiger partial charge in [0.25, 0.3) is 0 Å². The quantitative estimate of drug-likeness (QED) is 0.503. The molecule has 0 fully saturated rings. The molecule has 0 saturated heterocycles.